The summed E-state index contributed by atoms with van der Waals surface area (Å²) < 4.78 is 34.1. The number of thiazole rings is 1. The molecule has 2 aromatic heterocycles. The van der Waals surface area contributed by atoms with Crippen LogP contribution in [-0.2, 0) is 16.6 Å². The van der Waals surface area contributed by atoms with Crippen LogP contribution in [0, 0.1) is 0 Å². The summed E-state index contributed by atoms with van der Waals surface area (Å²) in [6.45, 7) is 4.42. The number of sulfonamides is 1. The predicted octanol–water partition coefficient (Wildman–Crippen LogP) is 6.68. The summed E-state index contributed by atoms with van der Waals surface area (Å²) in [6, 6.07) is 24.5. The molecule has 0 radical (unpaired) electrons. The summed E-state index contributed by atoms with van der Waals surface area (Å²) in [5, 5.41) is 0.551. The van der Waals surface area contributed by atoms with Gasteiger partial charge in [0.05, 0.1) is 33.6 Å². The second-order valence-corrected chi connectivity index (χ2v) is 12.1. The van der Waals surface area contributed by atoms with Gasteiger partial charge in [0.1, 0.15) is 5.76 Å². The predicted molar refractivity (Wildman–Crippen MR) is 151 cm³/mol. The molecule has 194 valence electrons. The normalized spacial score (nSPS) is 11.7. The van der Waals surface area contributed by atoms with Gasteiger partial charge in [-0.2, -0.15) is 0 Å². The molecule has 0 aliphatic carbocycles. The fourth-order valence-corrected chi connectivity index (χ4v) is 6.38. The Kier molecular flexibility index (Phi) is 7.05. The Morgan fingerprint density at radius 1 is 0.947 bits per heavy atom. The summed E-state index contributed by atoms with van der Waals surface area (Å²) in [5.74, 6) is 0.601. The number of hydrogen-bond donors (Lipinski definition) is 0. The van der Waals surface area contributed by atoms with Crippen molar-refractivity contribution in [2.75, 3.05) is 16.3 Å². The molecule has 0 N–H and O–H groups in total. The minimum absolute atomic E-state index is 0.0968. The Morgan fingerprint density at radius 3 is 2.34 bits per heavy atom. The average molecular weight is 546 g/mol. The maximum atomic E-state index is 13.8. The summed E-state index contributed by atoms with van der Waals surface area (Å²) >= 11 is 1.44. The zero-order chi connectivity index (χ0) is 26.9. The number of carbonyl (C=O) groups is 1. The van der Waals surface area contributed by atoms with Crippen LogP contribution in [0.1, 0.15) is 41.4 Å². The fraction of sp³-hybridized carbons (Fsp3) is 0.172. The van der Waals surface area contributed by atoms with E-state index >= 15 is 0 Å². The first kappa shape index (κ1) is 25.7. The van der Waals surface area contributed by atoms with E-state index in [0.717, 1.165) is 15.8 Å². The van der Waals surface area contributed by atoms with Crippen molar-refractivity contribution in [1.82, 2.24) is 4.98 Å². The van der Waals surface area contributed by atoms with Gasteiger partial charge in [0.25, 0.3) is 15.9 Å². The first-order chi connectivity index (χ1) is 18.3. The van der Waals surface area contributed by atoms with E-state index < -0.39 is 10.0 Å². The number of carbonyl (C=O) groups excluding carboxylic acids is 1. The molecule has 9 heteroatoms. The lowest BCUT2D eigenvalue weighted by Gasteiger charge is -2.21. The summed E-state index contributed by atoms with van der Waals surface area (Å²) in [7, 11) is -2.29. The smallest absolute Gasteiger partial charge is 0.264 e. The number of aromatic nitrogens is 1. The number of hydrogen-bond acceptors (Lipinski definition) is 6. The molecule has 5 aromatic rings. The van der Waals surface area contributed by atoms with Crippen LogP contribution in [0.2, 0.25) is 0 Å². The molecule has 0 fully saturated rings. The molecule has 5 rings (SSSR count). The highest BCUT2D eigenvalue weighted by Gasteiger charge is 2.26. The topological polar surface area (TPSA) is 83.7 Å². The Labute approximate surface area is 226 Å². The van der Waals surface area contributed by atoms with Crippen LogP contribution < -0.4 is 9.21 Å². The van der Waals surface area contributed by atoms with Gasteiger partial charge in [-0.3, -0.25) is 14.0 Å². The minimum atomic E-state index is -3.80. The Bertz CT molecular complexity index is 1660. The molecule has 0 saturated carbocycles. The Balaban J connectivity index is 1.48. The van der Waals surface area contributed by atoms with Crippen molar-refractivity contribution in [3.63, 3.8) is 0 Å². The summed E-state index contributed by atoms with van der Waals surface area (Å²) in [6.07, 6.45) is 1.57. The quantitative estimate of drug-likeness (QED) is 0.217. The van der Waals surface area contributed by atoms with Crippen molar-refractivity contribution in [2.24, 2.45) is 0 Å². The lowest BCUT2D eigenvalue weighted by atomic mass is 10.0. The van der Waals surface area contributed by atoms with E-state index in [1.165, 1.54) is 47.0 Å². The maximum absolute atomic E-state index is 13.8. The molecule has 38 heavy (non-hydrogen) atoms. The Morgan fingerprint density at radius 2 is 1.68 bits per heavy atom. The van der Waals surface area contributed by atoms with Crippen molar-refractivity contribution in [1.29, 1.82) is 0 Å². The van der Waals surface area contributed by atoms with Crippen LogP contribution >= 0.6 is 11.3 Å². The summed E-state index contributed by atoms with van der Waals surface area (Å²) in [5.41, 5.74) is 2.90. The molecular formula is C29H27N3O4S2. The average Bonchev–Trinajstić information content (AvgIpc) is 3.61. The molecule has 0 spiro atoms. The fourth-order valence-electron chi connectivity index (χ4n) is 4.18. The van der Waals surface area contributed by atoms with Gasteiger partial charge in [-0.05, 0) is 66.1 Å². The monoisotopic (exact) mass is 545 g/mol. The third-order valence-corrected chi connectivity index (χ3v) is 9.15. The molecule has 0 bridgehead atoms. The highest BCUT2D eigenvalue weighted by molar-refractivity contribution is 7.92. The number of furan rings is 1. The van der Waals surface area contributed by atoms with Crippen LogP contribution in [-0.4, -0.2) is 26.4 Å². The van der Waals surface area contributed by atoms with Gasteiger partial charge in [0, 0.05) is 12.6 Å². The number of benzene rings is 3. The van der Waals surface area contributed by atoms with Crippen LogP contribution in [0.25, 0.3) is 10.2 Å². The second-order valence-electron chi connectivity index (χ2n) is 9.15. The van der Waals surface area contributed by atoms with Gasteiger partial charge in [-0.15, -0.1) is 0 Å². The van der Waals surface area contributed by atoms with Gasteiger partial charge < -0.3 is 4.42 Å². The molecule has 2 heterocycles. The molecule has 0 aliphatic rings. The molecule has 0 atom stereocenters. The van der Waals surface area contributed by atoms with Gasteiger partial charge in [0.15, 0.2) is 5.13 Å². The van der Waals surface area contributed by atoms with Gasteiger partial charge in [-0.25, -0.2) is 13.4 Å². The maximum Gasteiger partial charge on any atom is 0.264 e. The van der Waals surface area contributed by atoms with Crippen LogP contribution in [0.15, 0.2) is 101 Å². The van der Waals surface area contributed by atoms with Gasteiger partial charge >= 0.3 is 0 Å². The van der Waals surface area contributed by atoms with Gasteiger partial charge in [-0.1, -0.05) is 55.5 Å². The number of nitrogens with zero attached hydrogens (tertiary/aromatic N) is 3. The number of fused-ring (bicyclic) bond motifs is 1. The largest absolute Gasteiger partial charge is 0.467 e. The van der Waals surface area contributed by atoms with E-state index in [2.05, 4.69) is 19.9 Å². The number of para-hydroxylation sites is 2. The van der Waals surface area contributed by atoms with E-state index in [1.54, 1.807) is 41.5 Å². The SMILES string of the molecule is CC(C)c1cccc2sc(N(Cc3ccco3)C(=O)c3ccc(S(=O)(=O)N(C)c4ccccc4)cc3)nc12. The highest BCUT2D eigenvalue weighted by Crippen LogP contribution is 2.35. The van der Waals surface area contributed by atoms with Crippen LogP contribution in [0.4, 0.5) is 10.8 Å². The summed E-state index contributed by atoms with van der Waals surface area (Å²) in [4.78, 5) is 20.3. The van der Waals surface area contributed by atoms with E-state index in [1.807, 2.05) is 24.3 Å². The number of rotatable bonds is 8. The van der Waals surface area contributed by atoms with Gasteiger partial charge in [0.2, 0.25) is 0 Å². The van der Waals surface area contributed by atoms with Crippen molar-refractivity contribution in [3.05, 3.63) is 108 Å². The van der Waals surface area contributed by atoms with Crippen LogP contribution in [0.5, 0.6) is 0 Å². The van der Waals surface area contributed by atoms with E-state index in [9.17, 15) is 13.2 Å². The molecule has 0 saturated heterocycles. The second kappa shape index (κ2) is 10.4. The molecule has 1 amide bonds. The molecule has 3 aromatic carbocycles. The molecule has 0 unspecified atom stereocenters. The molecular weight excluding hydrogens is 518 g/mol. The first-order valence-corrected chi connectivity index (χ1v) is 14.4. The minimum Gasteiger partial charge on any atom is -0.467 e. The van der Waals surface area contributed by atoms with Crippen molar-refractivity contribution < 1.29 is 17.6 Å². The standard InChI is InChI=1S/C29H27N3O4S2/c1-20(2)25-12-7-13-26-27(25)30-29(37-26)32(19-23-11-8-18-36-23)28(33)21-14-16-24(17-15-21)38(34,35)31(3)22-9-5-4-6-10-22/h4-18,20H,19H2,1-3H3. The van der Waals surface area contributed by atoms with Crippen LogP contribution in [0.3, 0.4) is 0 Å². The van der Waals surface area contributed by atoms with E-state index in [0.29, 0.717) is 22.1 Å². The lowest BCUT2D eigenvalue weighted by Crippen LogP contribution is -2.30. The first-order valence-electron chi connectivity index (χ1n) is 12.1. The highest BCUT2D eigenvalue weighted by atomic mass is 32.2. The number of anilines is 2. The van der Waals surface area contributed by atoms with Crippen molar-refractivity contribution in [3.8, 4) is 0 Å². The zero-order valence-corrected chi connectivity index (χ0v) is 22.9. The number of amides is 1. The lowest BCUT2D eigenvalue weighted by molar-refractivity contribution is 0.0983. The zero-order valence-electron chi connectivity index (χ0n) is 21.2. The third-order valence-electron chi connectivity index (χ3n) is 6.31. The third kappa shape index (κ3) is 4.94. The van der Waals surface area contributed by atoms with Crippen molar-refractivity contribution >= 4 is 48.3 Å². The molecule has 7 nitrogen and oxygen atoms in total. The van der Waals surface area contributed by atoms with E-state index in [-0.39, 0.29) is 23.3 Å². The molecule has 0 aliphatic heterocycles. The van der Waals surface area contributed by atoms with Crippen molar-refractivity contribution in [2.45, 2.75) is 31.2 Å². The Hall–Kier alpha value is -3.95. The van der Waals surface area contributed by atoms with E-state index in [4.69, 9.17) is 9.40 Å².